The first-order chi connectivity index (χ1) is 12.0. The molecule has 0 bridgehead atoms. The quantitative estimate of drug-likeness (QED) is 0.658. The van der Waals surface area contributed by atoms with Crippen LogP contribution in [0.4, 0.5) is 5.69 Å². The van der Waals surface area contributed by atoms with E-state index >= 15 is 0 Å². The zero-order chi connectivity index (χ0) is 18.2. The normalized spacial score (nSPS) is 15.2. The largest absolute Gasteiger partial charge is 0.466 e. The monoisotopic (exact) mass is 344 g/mol. The predicted molar refractivity (Wildman–Crippen MR) is 95.7 cm³/mol. The van der Waals surface area contributed by atoms with Crippen molar-refractivity contribution >= 4 is 29.5 Å². The van der Waals surface area contributed by atoms with Crippen LogP contribution in [0.2, 0.25) is 0 Å². The van der Waals surface area contributed by atoms with E-state index in [9.17, 15) is 14.4 Å². The molecule has 1 aromatic carbocycles. The van der Waals surface area contributed by atoms with Gasteiger partial charge in [0.1, 0.15) is 0 Å². The van der Waals surface area contributed by atoms with E-state index in [0.29, 0.717) is 32.5 Å². The lowest BCUT2D eigenvalue weighted by atomic mass is 9.97. The maximum absolute atomic E-state index is 12.3. The minimum atomic E-state index is -0.163. The van der Waals surface area contributed by atoms with Crippen LogP contribution in [0.5, 0.6) is 0 Å². The Morgan fingerprint density at radius 2 is 1.84 bits per heavy atom. The molecule has 2 rings (SSSR count). The maximum Gasteiger partial charge on any atom is 0.309 e. The summed E-state index contributed by atoms with van der Waals surface area (Å²) in [7, 11) is 0. The zero-order valence-corrected chi connectivity index (χ0v) is 14.7. The van der Waals surface area contributed by atoms with Gasteiger partial charge in [-0.25, -0.2) is 0 Å². The number of carbonyl (C=O) groups is 3. The van der Waals surface area contributed by atoms with E-state index in [1.165, 1.54) is 13.0 Å². The Bertz CT molecular complexity index is 644. The second-order valence-electron chi connectivity index (χ2n) is 5.99. The number of nitrogens with one attached hydrogen (secondary N) is 1. The highest BCUT2D eigenvalue weighted by molar-refractivity contribution is 5.92. The number of rotatable bonds is 5. The van der Waals surface area contributed by atoms with Crippen LogP contribution >= 0.6 is 0 Å². The van der Waals surface area contributed by atoms with Gasteiger partial charge in [0.25, 0.3) is 0 Å². The number of anilines is 1. The fraction of sp³-hybridized carbons (Fsp3) is 0.421. The van der Waals surface area contributed by atoms with Gasteiger partial charge in [0.2, 0.25) is 11.8 Å². The number of nitrogens with zero attached hydrogens (tertiary/aromatic N) is 1. The highest BCUT2D eigenvalue weighted by atomic mass is 16.5. The van der Waals surface area contributed by atoms with Crippen molar-refractivity contribution in [1.29, 1.82) is 0 Å². The number of carbonyl (C=O) groups excluding carboxylic acids is 3. The average Bonchev–Trinajstić information content (AvgIpc) is 2.61. The summed E-state index contributed by atoms with van der Waals surface area (Å²) >= 11 is 0. The zero-order valence-electron chi connectivity index (χ0n) is 14.7. The van der Waals surface area contributed by atoms with Gasteiger partial charge in [-0.2, -0.15) is 0 Å². The third-order valence-electron chi connectivity index (χ3n) is 4.08. The number of amides is 2. The first kappa shape index (κ1) is 18.7. The number of piperidine rings is 1. The summed E-state index contributed by atoms with van der Waals surface area (Å²) in [6.45, 7) is 4.77. The van der Waals surface area contributed by atoms with Crippen molar-refractivity contribution in [3.8, 4) is 0 Å². The second-order valence-corrected chi connectivity index (χ2v) is 5.99. The van der Waals surface area contributed by atoms with Crippen molar-refractivity contribution in [2.45, 2.75) is 26.7 Å². The molecule has 25 heavy (non-hydrogen) atoms. The van der Waals surface area contributed by atoms with Crippen molar-refractivity contribution < 1.29 is 19.1 Å². The minimum Gasteiger partial charge on any atom is -0.466 e. The highest BCUT2D eigenvalue weighted by Gasteiger charge is 2.27. The van der Waals surface area contributed by atoms with Gasteiger partial charge in [-0.05, 0) is 43.5 Å². The van der Waals surface area contributed by atoms with E-state index in [0.717, 1.165) is 11.3 Å². The Hall–Kier alpha value is -2.63. The lowest BCUT2D eigenvalue weighted by Crippen LogP contribution is -2.39. The molecule has 0 unspecified atom stereocenters. The van der Waals surface area contributed by atoms with Crippen LogP contribution in [-0.4, -0.2) is 42.4 Å². The molecule has 1 aliphatic rings. The lowest BCUT2D eigenvalue weighted by molar-refractivity contribution is -0.150. The summed E-state index contributed by atoms with van der Waals surface area (Å²) in [6, 6.07) is 7.25. The van der Waals surface area contributed by atoms with Crippen molar-refractivity contribution in [3.05, 3.63) is 35.9 Å². The fourth-order valence-corrected chi connectivity index (χ4v) is 2.75. The number of ether oxygens (including phenoxy) is 1. The number of likely N-dealkylation sites (tertiary alicyclic amines) is 1. The fourth-order valence-electron chi connectivity index (χ4n) is 2.75. The van der Waals surface area contributed by atoms with E-state index in [1.807, 2.05) is 12.1 Å². The lowest BCUT2D eigenvalue weighted by Gasteiger charge is -2.30. The Kier molecular flexibility index (Phi) is 6.74. The summed E-state index contributed by atoms with van der Waals surface area (Å²) in [5, 5.41) is 2.69. The molecular weight excluding hydrogens is 320 g/mol. The van der Waals surface area contributed by atoms with E-state index < -0.39 is 0 Å². The summed E-state index contributed by atoms with van der Waals surface area (Å²) in [5.41, 5.74) is 1.60. The molecule has 2 amide bonds. The van der Waals surface area contributed by atoms with E-state index in [2.05, 4.69) is 5.32 Å². The Morgan fingerprint density at radius 3 is 2.40 bits per heavy atom. The third-order valence-corrected chi connectivity index (χ3v) is 4.08. The summed E-state index contributed by atoms with van der Waals surface area (Å²) in [4.78, 5) is 36.7. The molecule has 0 spiro atoms. The van der Waals surface area contributed by atoms with Crippen LogP contribution < -0.4 is 5.32 Å². The van der Waals surface area contributed by atoms with E-state index in [4.69, 9.17) is 4.74 Å². The number of hydrogen-bond donors (Lipinski definition) is 1. The average molecular weight is 344 g/mol. The molecular formula is C19H24N2O4. The standard InChI is InChI=1S/C19H24N2O4/c1-3-25-19(24)16-10-12-21(13-11-16)18(23)9-6-15-4-7-17(8-5-15)20-14(2)22/h4-9,16H,3,10-13H2,1-2H3,(H,20,22)/b9-6+. The first-order valence-corrected chi connectivity index (χ1v) is 8.51. The Balaban J connectivity index is 1.84. The molecule has 6 heteroatoms. The molecule has 0 atom stereocenters. The molecule has 1 N–H and O–H groups in total. The molecule has 0 aliphatic carbocycles. The van der Waals surface area contributed by atoms with Crippen LogP contribution in [0.15, 0.2) is 30.3 Å². The number of hydrogen-bond acceptors (Lipinski definition) is 4. The van der Waals surface area contributed by atoms with Crippen LogP contribution in [0.3, 0.4) is 0 Å². The predicted octanol–water partition coefficient (Wildman–Crippen LogP) is 2.46. The van der Waals surface area contributed by atoms with Gasteiger partial charge in [-0.15, -0.1) is 0 Å². The van der Waals surface area contributed by atoms with Gasteiger partial charge < -0.3 is 15.0 Å². The van der Waals surface area contributed by atoms with Gasteiger partial charge in [-0.3, -0.25) is 14.4 Å². The number of esters is 1. The second kappa shape index (κ2) is 9.01. The van der Waals surface area contributed by atoms with Crippen molar-refractivity contribution in [1.82, 2.24) is 4.90 Å². The van der Waals surface area contributed by atoms with E-state index in [1.54, 1.807) is 30.0 Å². The van der Waals surface area contributed by atoms with Crippen molar-refractivity contribution in [3.63, 3.8) is 0 Å². The summed E-state index contributed by atoms with van der Waals surface area (Å²) < 4.78 is 5.03. The molecule has 6 nitrogen and oxygen atoms in total. The minimum absolute atomic E-state index is 0.0618. The van der Waals surface area contributed by atoms with E-state index in [-0.39, 0.29) is 23.7 Å². The summed E-state index contributed by atoms with van der Waals surface area (Å²) in [5.74, 6) is -0.448. The molecule has 134 valence electrons. The third kappa shape index (κ3) is 5.74. The van der Waals surface area contributed by atoms with Crippen LogP contribution in [0.1, 0.15) is 32.3 Å². The topological polar surface area (TPSA) is 75.7 Å². The molecule has 1 heterocycles. The summed E-state index contributed by atoms with van der Waals surface area (Å²) in [6.07, 6.45) is 4.57. The SMILES string of the molecule is CCOC(=O)C1CCN(C(=O)/C=C/c2ccc(NC(C)=O)cc2)CC1. The van der Waals surface area contributed by atoms with Crippen molar-refractivity contribution in [2.24, 2.45) is 5.92 Å². The van der Waals surface area contributed by atoms with Gasteiger partial charge in [0, 0.05) is 31.8 Å². The van der Waals surface area contributed by atoms with Gasteiger partial charge in [0.05, 0.1) is 12.5 Å². The molecule has 0 saturated carbocycles. The van der Waals surface area contributed by atoms with Gasteiger partial charge >= 0.3 is 5.97 Å². The van der Waals surface area contributed by atoms with Crippen LogP contribution in [-0.2, 0) is 19.1 Å². The van der Waals surface area contributed by atoms with Crippen LogP contribution in [0, 0.1) is 5.92 Å². The van der Waals surface area contributed by atoms with Crippen LogP contribution in [0.25, 0.3) is 6.08 Å². The van der Waals surface area contributed by atoms with Gasteiger partial charge in [0.15, 0.2) is 0 Å². The maximum atomic E-state index is 12.3. The first-order valence-electron chi connectivity index (χ1n) is 8.51. The number of benzene rings is 1. The molecule has 1 aliphatic heterocycles. The highest BCUT2D eigenvalue weighted by Crippen LogP contribution is 2.19. The molecule has 0 radical (unpaired) electrons. The van der Waals surface area contributed by atoms with Gasteiger partial charge in [-0.1, -0.05) is 12.1 Å². The Labute approximate surface area is 147 Å². The Morgan fingerprint density at radius 1 is 1.20 bits per heavy atom. The molecule has 0 aromatic heterocycles. The molecule has 1 saturated heterocycles. The van der Waals surface area contributed by atoms with Crippen molar-refractivity contribution in [2.75, 3.05) is 25.0 Å². The molecule has 1 fully saturated rings. The smallest absolute Gasteiger partial charge is 0.309 e. The molecule has 1 aromatic rings.